The third kappa shape index (κ3) is 3.66. The minimum Gasteiger partial charge on any atom is -0.354 e. The fourth-order valence-electron chi connectivity index (χ4n) is 3.81. The van der Waals surface area contributed by atoms with Gasteiger partial charge in [0.25, 0.3) is 5.91 Å². The van der Waals surface area contributed by atoms with Crippen molar-refractivity contribution in [3.05, 3.63) is 107 Å². The van der Waals surface area contributed by atoms with Gasteiger partial charge in [0.1, 0.15) is 0 Å². The first-order valence-corrected chi connectivity index (χ1v) is 10.8. The molecule has 6 N–H and O–H groups in total. The Morgan fingerprint density at radius 1 is 0.935 bits per heavy atom. The molecular weight excluding hydrogens is 408 g/mol. The summed E-state index contributed by atoms with van der Waals surface area (Å²) >= 11 is 1.63. The monoisotopic (exact) mass is 430 g/mol. The number of thioether (sulfide) groups is 1. The zero-order valence-electron chi connectivity index (χ0n) is 16.6. The maximum Gasteiger partial charge on any atom is 0.282 e. The topological polar surface area (TPSA) is 99.7 Å². The molecule has 2 unspecified atom stereocenters. The Labute approximate surface area is 184 Å². The van der Waals surface area contributed by atoms with Gasteiger partial charge >= 0.3 is 0 Å². The van der Waals surface area contributed by atoms with E-state index in [1.54, 1.807) is 22.8 Å². The van der Waals surface area contributed by atoms with Gasteiger partial charge in [-0.3, -0.25) is 9.80 Å². The van der Waals surface area contributed by atoms with E-state index in [0.29, 0.717) is 5.56 Å². The first-order valence-electron chi connectivity index (χ1n) is 9.87. The number of nitrogens with two attached hydrogens (primary N) is 2. The number of nitrogens with zero attached hydrogens (tertiary/aromatic N) is 2. The molecule has 0 aromatic heterocycles. The summed E-state index contributed by atoms with van der Waals surface area (Å²) in [6.45, 7) is 0. The smallest absolute Gasteiger partial charge is 0.282 e. The lowest BCUT2D eigenvalue weighted by molar-refractivity contribution is 0.0596. The molecule has 156 valence electrons. The van der Waals surface area contributed by atoms with Crippen LogP contribution in [0.1, 0.15) is 33.1 Å². The molecule has 31 heavy (non-hydrogen) atoms. The average molecular weight is 431 g/mol. The predicted molar refractivity (Wildman–Crippen MR) is 124 cm³/mol. The number of hydrogen-bond acceptors (Lipinski definition) is 7. The first kappa shape index (κ1) is 19.7. The summed E-state index contributed by atoms with van der Waals surface area (Å²) in [6.07, 6.45) is 0. The van der Waals surface area contributed by atoms with Gasteiger partial charge < -0.3 is 5.32 Å². The number of nitrogens with one attached hydrogen (secondary N) is 2. The Hall–Kier alpha value is -3.30. The Bertz CT molecular complexity index is 1130. The lowest BCUT2D eigenvalue weighted by Crippen LogP contribution is -2.53. The molecule has 2 aliphatic rings. The molecule has 2 atom stereocenters. The van der Waals surface area contributed by atoms with Crippen LogP contribution in [0.5, 0.6) is 0 Å². The van der Waals surface area contributed by atoms with E-state index in [1.807, 2.05) is 60.7 Å². The molecule has 2 heterocycles. The highest BCUT2D eigenvalue weighted by atomic mass is 32.2. The maximum absolute atomic E-state index is 12.3. The number of hydrogen-bond donors (Lipinski definition) is 4. The molecule has 7 nitrogen and oxygen atoms in total. The molecule has 0 radical (unpaired) electrons. The van der Waals surface area contributed by atoms with Crippen LogP contribution in [-0.4, -0.2) is 16.5 Å². The molecule has 0 saturated carbocycles. The number of carbonyl (C=O) groups excluding carboxylic acids is 1. The van der Waals surface area contributed by atoms with E-state index in [-0.39, 0.29) is 17.4 Å². The van der Waals surface area contributed by atoms with Gasteiger partial charge in [0.2, 0.25) is 0 Å². The van der Waals surface area contributed by atoms with Gasteiger partial charge in [0, 0.05) is 5.56 Å². The van der Waals surface area contributed by atoms with Crippen LogP contribution in [0.2, 0.25) is 0 Å². The highest BCUT2D eigenvalue weighted by Gasteiger charge is 2.30. The Balaban J connectivity index is 1.33. The lowest BCUT2D eigenvalue weighted by Gasteiger charge is -2.33. The van der Waals surface area contributed by atoms with Crippen molar-refractivity contribution in [2.24, 2.45) is 11.7 Å². The van der Waals surface area contributed by atoms with Crippen LogP contribution in [0.4, 0.5) is 5.69 Å². The second-order valence-electron chi connectivity index (χ2n) is 7.35. The summed E-state index contributed by atoms with van der Waals surface area (Å²) in [5, 5.41) is 8.30. The number of carbonyl (C=O) groups is 1. The molecule has 0 saturated heterocycles. The van der Waals surface area contributed by atoms with Gasteiger partial charge in [-0.25, -0.2) is 22.2 Å². The summed E-state index contributed by atoms with van der Waals surface area (Å²) in [4.78, 5) is 12.3. The van der Waals surface area contributed by atoms with E-state index >= 15 is 0 Å². The molecule has 3 aromatic rings. The van der Waals surface area contributed by atoms with Crippen molar-refractivity contribution in [1.82, 2.24) is 15.9 Å². The van der Waals surface area contributed by atoms with Crippen molar-refractivity contribution in [3.8, 4) is 0 Å². The van der Waals surface area contributed by atoms with Crippen LogP contribution in [0.25, 0.3) is 5.70 Å². The third-order valence-corrected chi connectivity index (χ3v) is 6.42. The molecule has 3 aromatic carbocycles. The van der Waals surface area contributed by atoms with Crippen LogP contribution in [0, 0.1) is 0 Å². The molecule has 0 spiro atoms. The van der Waals surface area contributed by atoms with Gasteiger partial charge in [-0.1, -0.05) is 72.4 Å². The molecule has 2 aliphatic heterocycles. The van der Waals surface area contributed by atoms with E-state index < -0.39 is 0 Å². The van der Waals surface area contributed by atoms with Gasteiger partial charge in [0.15, 0.2) is 5.50 Å². The van der Waals surface area contributed by atoms with Crippen LogP contribution in [-0.2, 0) is 0 Å². The van der Waals surface area contributed by atoms with E-state index in [2.05, 4.69) is 28.3 Å². The predicted octanol–water partition coefficient (Wildman–Crippen LogP) is 2.91. The van der Waals surface area contributed by atoms with Crippen LogP contribution in [0.15, 0.2) is 84.3 Å². The van der Waals surface area contributed by atoms with Gasteiger partial charge in [-0.15, -0.1) is 0 Å². The molecule has 8 heteroatoms. The van der Waals surface area contributed by atoms with Gasteiger partial charge in [-0.05, 0) is 40.3 Å². The van der Waals surface area contributed by atoms with Crippen molar-refractivity contribution in [1.29, 1.82) is 0 Å². The zero-order chi connectivity index (χ0) is 21.4. The summed E-state index contributed by atoms with van der Waals surface area (Å²) in [5.41, 5.74) is 8.50. The number of benzene rings is 3. The highest BCUT2D eigenvalue weighted by Crippen LogP contribution is 2.33. The minimum absolute atomic E-state index is 0.105. The van der Waals surface area contributed by atoms with Crippen molar-refractivity contribution in [2.45, 2.75) is 11.5 Å². The van der Waals surface area contributed by atoms with Gasteiger partial charge in [-0.2, -0.15) is 0 Å². The largest absolute Gasteiger partial charge is 0.354 e. The quantitative estimate of drug-likeness (QED) is 0.287. The maximum atomic E-state index is 12.3. The number of rotatable bonds is 4. The van der Waals surface area contributed by atoms with Crippen LogP contribution < -0.4 is 27.4 Å². The molecular formula is C23H22N6OS. The van der Waals surface area contributed by atoms with E-state index in [1.165, 1.54) is 0 Å². The summed E-state index contributed by atoms with van der Waals surface area (Å²) in [5.74, 6) is 12.0. The lowest BCUT2D eigenvalue weighted by atomic mass is 9.93. The van der Waals surface area contributed by atoms with E-state index in [9.17, 15) is 4.79 Å². The number of hydrazine groups is 3. The number of amides is 1. The van der Waals surface area contributed by atoms with E-state index in [4.69, 9.17) is 11.7 Å². The fraction of sp³-hybridized carbons (Fsp3) is 0.0870. The second-order valence-corrected chi connectivity index (χ2v) is 8.31. The molecule has 0 aliphatic carbocycles. The van der Waals surface area contributed by atoms with E-state index in [0.717, 1.165) is 33.2 Å². The Kier molecular flexibility index (Phi) is 5.13. The fourth-order valence-corrected chi connectivity index (χ4v) is 4.72. The van der Waals surface area contributed by atoms with Crippen molar-refractivity contribution >= 4 is 29.1 Å². The summed E-state index contributed by atoms with van der Waals surface area (Å²) < 4.78 is 0. The summed E-state index contributed by atoms with van der Waals surface area (Å²) in [7, 11) is 0. The molecule has 1 amide bonds. The van der Waals surface area contributed by atoms with Crippen molar-refractivity contribution in [2.75, 3.05) is 5.01 Å². The minimum atomic E-state index is -0.248. The van der Waals surface area contributed by atoms with Gasteiger partial charge in [0.05, 0.1) is 17.4 Å². The first-order chi connectivity index (χ1) is 15.1. The van der Waals surface area contributed by atoms with Crippen molar-refractivity contribution in [3.63, 3.8) is 0 Å². The third-order valence-electron chi connectivity index (χ3n) is 5.44. The van der Waals surface area contributed by atoms with Crippen LogP contribution >= 0.6 is 11.8 Å². The van der Waals surface area contributed by atoms with Crippen molar-refractivity contribution < 1.29 is 4.79 Å². The second kappa shape index (κ2) is 8.09. The molecule has 5 rings (SSSR count). The molecule has 0 bridgehead atoms. The standard InChI is InChI=1S/C23H22N6OS/c24-28(23-26-20(14-31-23)15-6-2-1-3-7-15)17-12-10-16(11-13-17)21-18-8-4-5-9-19(18)22(30)29(25)27-21/h1-14,21,23,26-27H,24-25H2. The normalized spacial score (nSPS) is 20.1. The highest BCUT2D eigenvalue weighted by molar-refractivity contribution is 8.03. The Morgan fingerprint density at radius 2 is 1.65 bits per heavy atom. The number of fused-ring (bicyclic) bond motifs is 1. The SMILES string of the molecule is NN1NC(c2ccc(N(N)C3NC(c4ccccc4)=CS3)cc2)c2ccccc2C1=O. The average Bonchev–Trinajstić information content (AvgIpc) is 3.32. The summed E-state index contributed by atoms with van der Waals surface area (Å²) in [6, 6.07) is 25.4. The zero-order valence-corrected chi connectivity index (χ0v) is 17.4. The van der Waals surface area contributed by atoms with Crippen LogP contribution in [0.3, 0.4) is 0 Å². The molecule has 0 fully saturated rings. The Morgan fingerprint density at radius 3 is 2.42 bits per heavy atom. The number of anilines is 1.